The van der Waals surface area contributed by atoms with Gasteiger partial charge in [-0.1, -0.05) is 37.3 Å². The molecule has 1 rings (SSSR count). The van der Waals surface area contributed by atoms with E-state index in [0.29, 0.717) is 18.1 Å². The maximum Gasteiger partial charge on any atom is 0.220 e. The number of thioether (sulfide) groups is 1. The number of carbonyl (C=O) groups excluding carboxylic acids is 1. The highest BCUT2D eigenvalue weighted by atomic mass is 32.2. The van der Waals surface area contributed by atoms with Crippen molar-refractivity contribution in [3.8, 4) is 0 Å². The van der Waals surface area contributed by atoms with Crippen LogP contribution in [0.15, 0.2) is 30.3 Å². The number of nitrogens with one attached hydrogen (secondary N) is 1. The van der Waals surface area contributed by atoms with E-state index in [-0.39, 0.29) is 11.9 Å². The van der Waals surface area contributed by atoms with E-state index in [4.69, 9.17) is 5.73 Å². The molecular formula is C14H22N2OS. The summed E-state index contributed by atoms with van der Waals surface area (Å²) in [7, 11) is 0. The predicted octanol–water partition coefficient (Wildman–Crippen LogP) is 2.33. The van der Waals surface area contributed by atoms with Crippen LogP contribution in [0.1, 0.15) is 31.4 Å². The summed E-state index contributed by atoms with van der Waals surface area (Å²) < 4.78 is 0. The Balaban J connectivity index is 2.26. The van der Waals surface area contributed by atoms with Gasteiger partial charge in [0.05, 0.1) is 0 Å². The van der Waals surface area contributed by atoms with Gasteiger partial charge in [-0.2, -0.15) is 11.8 Å². The van der Waals surface area contributed by atoms with Crippen LogP contribution in [0.5, 0.6) is 0 Å². The van der Waals surface area contributed by atoms with Crippen LogP contribution in [0.25, 0.3) is 0 Å². The lowest BCUT2D eigenvalue weighted by atomic mass is 10.0. The molecule has 0 fully saturated rings. The lowest BCUT2D eigenvalue weighted by Gasteiger charge is -2.13. The van der Waals surface area contributed by atoms with Crippen LogP contribution >= 0.6 is 11.8 Å². The maximum absolute atomic E-state index is 11.6. The van der Waals surface area contributed by atoms with E-state index in [0.717, 1.165) is 12.1 Å². The van der Waals surface area contributed by atoms with Gasteiger partial charge >= 0.3 is 0 Å². The summed E-state index contributed by atoms with van der Waals surface area (Å²) in [5, 5.41) is 3.38. The number of hydrogen-bond donors (Lipinski definition) is 2. The Kier molecular flexibility index (Phi) is 6.83. The van der Waals surface area contributed by atoms with Crippen molar-refractivity contribution >= 4 is 17.7 Å². The standard InChI is InChI=1S/C14H22N2OS/c1-11(18-2)10-16-14(17)9-8-13(15)12-6-4-3-5-7-12/h3-7,11,13H,8-10,15H2,1-2H3,(H,16,17). The molecule has 0 radical (unpaired) electrons. The van der Waals surface area contributed by atoms with Gasteiger partial charge in [-0.05, 0) is 18.2 Å². The van der Waals surface area contributed by atoms with E-state index >= 15 is 0 Å². The van der Waals surface area contributed by atoms with Crippen LogP contribution in [-0.4, -0.2) is 24.0 Å². The Morgan fingerprint density at radius 3 is 2.67 bits per heavy atom. The normalized spacial score (nSPS) is 13.9. The quantitative estimate of drug-likeness (QED) is 0.796. The Morgan fingerprint density at radius 1 is 1.39 bits per heavy atom. The van der Waals surface area contributed by atoms with Crippen LogP contribution in [-0.2, 0) is 4.79 Å². The van der Waals surface area contributed by atoms with Crippen molar-refractivity contribution in [3.05, 3.63) is 35.9 Å². The van der Waals surface area contributed by atoms with Crippen LogP contribution in [0.4, 0.5) is 0 Å². The lowest BCUT2D eigenvalue weighted by Crippen LogP contribution is -2.29. The second-order valence-corrected chi connectivity index (χ2v) is 5.68. The molecule has 0 saturated heterocycles. The first-order valence-electron chi connectivity index (χ1n) is 6.23. The Morgan fingerprint density at radius 2 is 2.06 bits per heavy atom. The molecule has 0 aliphatic rings. The number of benzene rings is 1. The van der Waals surface area contributed by atoms with Gasteiger partial charge in [-0.3, -0.25) is 4.79 Å². The summed E-state index contributed by atoms with van der Waals surface area (Å²) >= 11 is 1.75. The molecule has 4 heteroatoms. The molecule has 0 aliphatic heterocycles. The molecule has 0 aromatic heterocycles. The third kappa shape index (κ3) is 5.56. The van der Waals surface area contributed by atoms with E-state index in [9.17, 15) is 4.79 Å². The zero-order valence-corrected chi connectivity index (χ0v) is 11.9. The van der Waals surface area contributed by atoms with E-state index in [1.807, 2.05) is 36.6 Å². The largest absolute Gasteiger partial charge is 0.355 e. The smallest absolute Gasteiger partial charge is 0.220 e. The van der Waals surface area contributed by atoms with Crippen LogP contribution < -0.4 is 11.1 Å². The topological polar surface area (TPSA) is 55.1 Å². The molecule has 18 heavy (non-hydrogen) atoms. The molecule has 1 amide bonds. The summed E-state index contributed by atoms with van der Waals surface area (Å²) in [6.45, 7) is 2.82. The van der Waals surface area contributed by atoms with Crippen LogP contribution in [0, 0.1) is 0 Å². The molecule has 0 heterocycles. The fourth-order valence-corrected chi connectivity index (χ4v) is 1.83. The van der Waals surface area contributed by atoms with Crippen molar-refractivity contribution in [2.45, 2.75) is 31.1 Å². The maximum atomic E-state index is 11.6. The molecule has 1 aromatic carbocycles. The highest BCUT2D eigenvalue weighted by Crippen LogP contribution is 2.14. The average Bonchev–Trinajstić information content (AvgIpc) is 2.42. The molecule has 0 saturated carbocycles. The Hall–Kier alpha value is -1.00. The summed E-state index contributed by atoms with van der Waals surface area (Å²) in [6.07, 6.45) is 3.21. The number of hydrogen-bond acceptors (Lipinski definition) is 3. The molecule has 3 nitrogen and oxygen atoms in total. The number of rotatable bonds is 7. The summed E-state index contributed by atoms with van der Waals surface area (Å²) in [5.74, 6) is 0.0854. The molecule has 0 spiro atoms. The SMILES string of the molecule is CSC(C)CNC(=O)CCC(N)c1ccccc1. The number of carbonyl (C=O) groups is 1. The second kappa shape index (κ2) is 8.16. The minimum Gasteiger partial charge on any atom is -0.355 e. The molecular weight excluding hydrogens is 244 g/mol. The molecule has 100 valence electrons. The first-order valence-corrected chi connectivity index (χ1v) is 7.52. The summed E-state index contributed by atoms with van der Waals surface area (Å²) in [5.41, 5.74) is 7.13. The molecule has 0 bridgehead atoms. The molecule has 2 unspecified atom stereocenters. The third-order valence-corrected chi connectivity index (χ3v) is 3.87. The molecule has 3 N–H and O–H groups in total. The highest BCUT2D eigenvalue weighted by Gasteiger charge is 2.09. The van der Waals surface area contributed by atoms with Crippen molar-refractivity contribution in [2.24, 2.45) is 5.73 Å². The molecule has 0 aliphatic carbocycles. The van der Waals surface area contributed by atoms with Gasteiger partial charge in [0.15, 0.2) is 0 Å². The van der Waals surface area contributed by atoms with E-state index in [2.05, 4.69) is 12.2 Å². The van der Waals surface area contributed by atoms with E-state index in [1.165, 1.54) is 0 Å². The number of nitrogens with two attached hydrogens (primary N) is 1. The first kappa shape index (κ1) is 15.1. The fraction of sp³-hybridized carbons (Fsp3) is 0.500. The first-order chi connectivity index (χ1) is 8.63. The minimum atomic E-state index is -0.0603. The minimum absolute atomic E-state index is 0.0603. The summed E-state index contributed by atoms with van der Waals surface area (Å²) in [6, 6.07) is 9.84. The van der Waals surface area contributed by atoms with Gasteiger partial charge in [0.25, 0.3) is 0 Å². The third-order valence-electron chi connectivity index (χ3n) is 2.90. The predicted molar refractivity (Wildman–Crippen MR) is 78.6 cm³/mol. The van der Waals surface area contributed by atoms with Gasteiger partial charge in [0.2, 0.25) is 5.91 Å². The fourth-order valence-electron chi connectivity index (χ4n) is 1.58. The lowest BCUT2D eigenvalue weighted by molar-refractivity contribution is -0.121. The average molecular weight is 266 g/mol. The van der Waals surface area contributed by atoms with E-state index < -0.39 is 0 Å². The van der Waals surface area contributed by atoms with Crippen molar-refractivity contribution in [1.29, 1.82) is 0 Å². The zero-order chi connectivity index (χ0) is 13.4. The van der Waals surface area contributed by atoms with Crippen LogP contribution in [0.2, 0.25) is 0 Å². The highest BCUT2D eigenvalue weighted by molar-refractivity contribution is 7.99. The van der Waals surface area contributed by atoms with Crippen molar-refractivity contribution in [1.82, 2.24) is 5.32 Å². The zero-order valence-electron chi connectivity index (χ0n) is 11.1. The Bertz CT molecular complexity index is 356. The van der Waals surface area contributed by atoms with Gasteiger partial charge in [-0.25, -0.2) is 0 Å². The van der Waals surface area contributed by atoms with Gasteiger partial charge in [0.1, 0.15) is 0 Å². The second-order valence-electron chi connectivity index (χ2n) is 4.41. The Labute approximate surface area is 114 Å². The molecule has 2 atom stereocenters. The molecule has 1 aromatic rings. The van der Waals surface area contributed by atoms with Crippen LogP contribution in [0.3, 0.4) is 0 Å². The summed E-state index contributed by atoms with van der Waals surface area (Å²) in [4.78, 5) is 11.6. The van der Waals surface area contributed by atoms with Gasteiger partial charge in [0, 0.05) is 24.3 Å². The van der Waals surface area contributed by atoms with Gasteiger partial charge in [-0.15, -0.1) is 0 Å². The monoisotopic (exact) mass is 266 g/mol. The van der Waals surface area contributed by atoms with E-state index in [1.54, 1.807) is 11.8 Å². The van der Waals surface area contributed by atoms with Crippen molar-refractivity contribution < 1.29 is 4.79 Å². The van der Waals surface area contributed by atoms with Gasteiger partial charge < -0.3 is 11.1 Å². The van der Waals surface area contributed by atoms with Crippen molar-refractivity contribution in [3.63, 3.8) is 0 Å². The van der Waals surface area contributed by atoms with Crippen molar-refractivity contribution in [2.75, 3.05) is 12.8 Å². The number of amides is 1.